The Labute approximate surface area is 166 Å². The lowest BCUT2D eigenvalue weighted by Gasteiger charge is -2.09. The maximum Gasteiger partial charge on any atom is 0.281 e. The molecule has 0 atom stereocenters. The number of hydrogen-bond acceptors (Lipinski definition) is 5. The number of thioether (sulfide) groups is 1. The fraction of sp³-hybridized carbons (Fsp3) is 0.150. The molecule has 3 aromatic rings. The molecule has 0 bridgehead atoms. The number of hydrazine groups is 1. The Morgan fingerprint density at radius 1 is 1.00 bits per heavy atom. The SMILES string of the molecule is CCSc1ccccc1C(=O)NNC(=O)c1sc(-c2ccccc2)nc1C. The number of nitrogens with one attached hydrogen (secondary N) is 2. The van der Waals surface area contributed by atoms with Crippen LogP contribution in [0.1, 0.15) is 32.6 Å². The van der Waals surface area contributed by atoms with Crippen molar-refractivity contribution in [1.29, 1.82) is 0 Å². The van der Waals surface area contributed by atoms with E-state index >= 15 is 0 Å². The van der Waals surface area contributed by atoms with Crippen LogP contribution >= 0.6 is 23.1 Å². The van der Waals surface area contributed by atoms with E-state index in [1.807, 2.05) is 49.4 Å². The molecule has 1 aromatic heterocycles. The minimum absolute atomic E-state index is 0.342. The molecule has 2 aromatic carbocycles. The van der Waals surface area contributed by atoms with Gasteiger partial charge in [-0.25, -0.2) is 4.98 Å². The highest BCUT2D eigenvalue weighted by Crippen LogP contribution is 2.27. The van der Waals surface area contributed by atoms with Crippen LogP contribution in [0.2, 0.25) is 0 Å². The Morgan fingerprint density at radius 3 is 2.41 bits per heavy atom. The van der Waals surface area contributed by atoms with Gasteiger partial charge >= 0.3 is 0 Å². The Bertz CT molecular complexity index is 955. The zero-order chi connectivity index (χ0) is 19.2. The number of thiazole rings is 1. The fourth-order valence-electron chi connectivity index (χ4n) is 2.48. The number of aryl methyl sites for hydroxylation is 1. The molecule has 27 heavy (non-hydrogen) atoms. The fourth-order valence-corrected chi connectivity index (χ4v) is 4.25. The van der Waals surface area contributed by atoms with Crippen molar-refractivity contribution < 1.29 is 9.59 Å². The van der Waals surface area contributed by atoms with E-state index in [4.69, 9.17) is 0 Å². The topological polar surface area (TPSA) is 71.1 Å². The van der Waals surface area contributed by atoms with Crippen LogP contribution in [0.15, 0.2) is 59.5 Å². The predicted octanol–water partition coefficient (Wildman–Crippen LogP) is 4.31. The minimum Gasteiger partial charge on any atom is -0.267 e. The average molecular weight is 398 g/mol. The molecule has 2 amide bonds. The van der Waals surface area contributed by atoms with Gasteiger partial charge in [-0.15, -0.1) is 23.1 Å². The van der Waals surface area contributed by atoms with E-state index in [9.17, 15) is 9.59 Å². The van der Waals surface area contributed by atoms with Crippen molar-refractivity contribution in [1.82, 2.24) is 15.8 Å². The first-order chi connectivity index (χ1) is 13.1. The van der Waals surface area contributed by atoms with Gasteiger partial charge in [-0.05, 0) is 24.8 Å². The summed E-state index contributed by atoms with van der Waals surface area (Å²) >= 11 is 2.88. The van der Waals surface area contributed by atoms with E-state index in [1.54, 1.807) is 30.8 Å². The van der Waals surface area contributed by atoms with Crippen LogP contribution < -0.4 is 10.9 Å². The zero-order valence-corrected chi connectivity index (χ0v) is 16.6. The van der Waals surface area contributed by atoms with E-state index in [1.165, 1.54) is 11.3 Å². The summed E-state index contributed by atoms with van der Waals surface area (Å²) in [4.78, 5) is 30.8. The van der Waals surface area contributed by atoms with Crippen molar-refractivity contribution in [3.63, 3.8) is 0 Å². The van der Waals surface area contributed by atoms with Gasteiger partial charge in [0.05, 0.1) is 11.3 Å². The molecular formula is C20H19N3O2S2. The molecule has 0 aliphatic carbocycles. The van der Waals surface area contributed by atoms with Crippen LogP contribution in [-0.4, -0.2) is 22.6 Å². The molecule has 0 aliphatic rings. The normalized spacial score (nSPS) is 10.4. The summed E-state index contributed by atoms with van der Waals surface area (Å²) in [5.41, 5.74) is 7.12. The summed E-state index contributed by atoms with van der Waals surface area (Å²) in [5, 5.41) is 0.772. The second-order valence-electron chi connectivity index (χ2n) is 5.64. The second kappa shape index (κ2) is 8.83. The molecule has 2 N–H and O–H groups in total. The van der Waals surface area contributed by atoms with E-state index in [2.05, 4.69) is 15.8 Å². The smallest absolute Gasteiger partial charge is 0.267 e. The highest BCUT2D eigenvalue weighted by atomic mass is 32.2. The summed E-state index contributed by atoms with van der Waals surface area (Å²) in [6.45, 7) is 3.81. The summed E-state index contributed by atoms with van der Waals surface area (Å²) in [7, 11) is 0. The van der Waals surface area contributed by atoms with Gasteiger partial charge in [-0.3, -0.25) is 20.4 Å². The lowest BCUT2D eigenvalue weighted by molar-refractivity contribution is 0.0846. The molecule has 0 saturated heterocycles. The van der Waals surface area contributed by atoms with Crippen LogP contribution in [-0.2, 0) is 0 Å². The molecular weight excluding hydrogens is 378 g/mol. The van der Waals surface area contributed by atoms with Crippen LogP contribution in [0, 0.1) is 6.92 Å². The van der Waals surface area contributed by atoms with Crippen molar-refractivity contribution in [2.24, 2.45) is 0 Å². The summed E-state index contributed by atoms with van der Waals surface area (Å²) in [6, 6.07) is 17.0. The van der Waals surface area contributed by atoms with E-state index in [0.29, 0.717) is 16.1 Å². The number of aromatic nitrogens is 1. The molecule has 0 unspecified atom stereocenters. The Balaban J connectivity index is 1.70. The van der Waals surface area contributed by atoms with Gasteiger partial charge < -0.3 is 0 Å². The molecule has 7 heteroatoms. The van der Waals surface area contributed by atoms with Crippen molar-refractivity contribution in [3.05, 3.63) is 70.7 Å². The van der Waals surface area contributed by atoms with Gasteiger partial charge in [0.15, 0.2) is 0 Å². The molecule has 1 heterocycles. The van der Waals surface area contributed by atoms with E-state index in [-0.39, 0.29) is 11.8 Å². The van der Waals surface area contributed by atoms with Crippen molar-refractivity contribution in [3.8, 4) is 10.6 Å². The Hall–Kier alpha value is -2.64. The summed E-state index contributed by atoms with van der Waals surface area (Å²) < 4.78 is 0. The van der Waals surface area contributed by atoms with Crippen LogP contribution in [0.3, 0.4) is 0 Å². The van der Waals surface area contributed by atoms with Crippen LogP contribution in [0.4, 0.5) is 0 Å². The van der Waals surface area contributed by atoms with Crippen LogP contribution in [0.25, 0.3) is 10.6 Å². The highest BCUT2D eigenvalue weighted by Gasteiger charge is 2.18. The highest BCUT2D eigenvalue weighted by molar-refractivity contribution is 7.99. The van der Waals surface area contributed by atoms with Gasteiger partial charge in [0.2, 0.25) is 0 Å². The van der Waals surface area contributed by atoms with Crippen molar-refractivity contribution in [2.45, 2.75) is 18.7 Å². The zero-order valence-electron chi connectivity index (χ0n) is 15.0. The first-order valence-corrected chi connectivity index (χ1v) is 10.3. The number of carbonyl (C=O) groups is 2. The molecule has 0 saturated carbocycles. The largest absolute Gasteiger partial charge is 0.281 e. The number of carbonyl (C=O) groups excluding carboxylic acids is 2. The van der Waals surface area contributed by atoms with Gasteiger partial charge in [-0.1, -0.05) is 49.4 Å². The maximum atomic E-state index is 12.5. The molecule has 0 spiro atoms. The molecule has 0 aliphatic heterocycles. The number of nitrogens with zero attached hydrogens (tertiary/aromatic N) is 1. The van der Waals surface area contributed by atoms with E-state index in [0.717, 1.165) is 21.2 Å². The van der Waals surface area contributed by atoms with E-state index < -0.39 is 0 Å². The molecule has 3 rings (SSSR count). The third-order valence-electron chi connectivity index (χ3n) is 3.74. The first-order valence-electron chi connectivity index (χ1n) is 8.45. The quantitative estimate of drug-likeness (QED) is 0.497. The third-order valence-corrected chi connectivity index (χ3v) is 5.91. The third kappa shape index (κ3) is 4.56. The Kier molecular flexibility index (Phi) is 6.26. The van der Waals surface area contributed by atoms with Crippen molar-refractivity contribution >= 4 is 34.9 Å². The maximum absolute atomic E-state index is 12.5. The second-order valence-corrected chi connectivity index (χ2v) is 7.94. The molecule has 138 valence electrons. The molecule has 0 fully saturated rings. The lowest BCUT2D eigenvalue weighted by atomic mass is 10.2. The van der Waals surface area contributed by atoms with Crippen LogP contribution in [0.5, 0.6) is 0 Å². The number of rotatable bonds is 5. The summed E-state index contributed by atoms with van der Waals surface area (Å²) in [5.74, 6) is 0.144. The first kappa shape index (κ1) is 19.1. The molecule has 5 nitrogen and oxygen atoms in total. The lowest BCUT2D eigenvalue weighted by Crippen LogP contribution is -2.41. The summed E-state index contributed by atoms with van der Waals surface area (Å²) in [6.07, 6.45) is 0. The monoisotopic (exact) mass is 397 g/mol. The van der Waals surface area contributed by atoms with Gasteiger partial charge in [0, 0.05) is 10.5 Å². The van der Waals surface area contributed by atoms with Gasteiger partial charge in [0.25, 0.3) is 11.8 Å². The standard InChI is InChI=1S/C20H19N3O2S2/c1-3-26-16-12-8-7-11-15(16)18(24)22-23-19(25)17-13(2)21-20(27-17)14-9-5-4-6-10-14/h4-12H,3H2,1-2H3,(H,22,24)(H,23,25). The predicted molar refractivity (Wildman–Crippen MR) is 110 cm³/mol. The number of amides is 2. The van der Waals surface area contributed by atoms with Gasteiger partial charge in [-0.2, -0.15) is 0 Å². The number of benzene rings is 2. The van der Waals surface area contributed by atoms with Gasteiger partial charge in [0.1, 0.15) is 9.88 Å². The molecule has 0 radical (unpaired) electrons. The minimum atomic E-state index is -0.374. The average Bonchev–Trinajstić information content (AvgIpc) is 3.09. The van der Waals surface area contributed by atoms with Crippen molar-refractivity contribution in [2.75, 3.05) is 5.75 Å². The number of hydrogen-bond donors (Lipinski definition) is 2. The Morgan fingerprint density at radius 2 is 1.67 bits per heavy atom.